The zero-order chi connectivity index (χ0) is 20.4. The number of rotatable bonds is 5. The van der Waals surface area contributed by atoms with Crippen molar-refractivity contribution in [2.75, 3.05) is 11.4 Å². The molecule has 0 spiro atoms. The molecule has 0 aliphatic heterocycles. The predicted octanol–water partition coefficient (Wildman–Crippen LogP) is 4.65. The molecule has 0 amide bonds. The molecule has 0 bridgehead atoms. The Bertz CT molecular complexity index is 835. The highest BCUT2D eigenvalue weighted by Gasteiger charge is 2.36. The van der Waals surface area contributed by atoms with Gasteiger partial charge in [-0.25, -0.2) is 0 Å². The Kier molecular flexibility index (Phi) is 5.67. The van der Waals surface area contributed by atoms with Crippen molar-refractivity contribution < 1.29 is 30.9 Å². The summed E-state index contributed by atoms with van der Waals surface area (Å²) in [5, 5.41) is 12.4. The number of halogens is 6. The number of hydrogen-bond donors (Lipinski definition) is 0. The van der Waals surface area contributed by atoms with Crippen LogP contribution in [0.3, 0.4) is 0 Å². The molecule has 0 aliphatic carbocycles. The average Bonchev–Trinajstić information content (AvgIpc) is 3.00. The second-order valence-corrected chi connectivity index (χ2v) is 6.01. The molecular weight excluding hydrogens is 378 g/mol. The summed E-state index contributed by atoms with van der Waals surface area (Å²) >= 11 is 0. The van der Waals surface area contributed by atoms with Crippen LogP contribution >= 0.6 is 0 Å². The zero-order valence-electron chi connectivity index (χ0n) is 14.2. The monoisotopic (exact) mass is 392 g/mol. The first-order valence-electron chi connectivity index (χ1n) is 7.66. The first-order chi connectivity index (χ1) is 12.4. The Morgan fingerprint density at radius 2 is 1.85 bits per heavy atom. The third-order valence-corrected chi connectivity index (χ3v) is 3.47. The molecule has 11 heteroatoms. The maximum atomic E-state index is 13.1. The van der Waals surface area contributed by atoms with Crippen molar-refractivity contribution in [1.29, 1.82) is 5.26 Å². The molecular formula is C16H14F6N4O. The fourth-order valence-electron chi connectivity index (χ4n) is 2.25. The van der Waals surface area contributed by atoms with E-state index < -0.39 is 36.6 Å². The molecule has 0 radical (unpaired) electrons. The molecule has 2 aromatic rings. The number of nitrogens with zero attached hydrogens (tertiary/aromatic N) is 4. The quantitative estimate of drug-likeness (QED) is 0.693. The van der Waals surface area contributed by atoms with Crippen LogP contribution in [0.5, 0.6) is 0 Å². The van der Waals surface area contributed by atoms with Crippen molar-refractivity contribution in [3.63, 3.8) is 0 Å². The zero-order valence-corrected chi connectivity index (χ0v) is 14.2. The van der Waals surface area contributed by atoms with Crippen LogP contribution in [-0.2, 0) is 12.7 Å². The van der Waals surface area contributed by atoms with E-state index in [2.05, 4.69) is 10.1 Å². The summed E-state index contributed by atoms with van der Waals surface area (Å²) in [5.74, 6) is -0.0531. The van der Waals surface area contributed by atoms with Crippen molar-refractivity contribution >= 4 is 5.69 Å². The Morgan fingerprint density at radius 3 is 2.33 bits per heavy atom. The maximum absolute atomic E-state index is 13.1. The summed E-state index contributed by atoms with van der Waals surface area (Å²) in [6.45, 7) is 1.43. The SMILES string of the molecule is CC(C)c1nc(CN(CC(F)(F)F)c2ccc(C#N)c(C(F)(F)F)c2)no1. The number of aromatic nitrogens is 2. The van der Waals surface area contributed by atoms with Gasteiger partial charge in [-0.15, -0.1) is 0 Å². The lowest BCUT2D eigenvalue weighted by atomic mass is 10.1. The number of anilines is 1. The van der Waals surface area contributed by atoms with E-state index in [4.69, 9.17) is 9.78 Å². The van der Waals surface area contributed by atoms with Gasteiger partial charge in [-0.05, 0) is 18.2 Å². The van der Waals surface area contributed by atoms with Crippen molar-refractivity contribution in [2.24, 2.45) is 0 Å². The van der Waals surface area contributed by atoms with Crippen LogP contribution in [0.15, 0.2) is 22.7 Å². The number of benzene rings is 1. The third-order valence-electron chi connectivity index (χ3n) is 3.47. The normalized spacial score (nSPS) is 12.3. The highest BCUT2D eigenvalue weighted by Crippen LogP contribution is 2.35. The van der Waals surface area contributed by atoms with Crippen LogP contribution in [-0.4, -0.2) is 22.9 Å². The smallest absolute Gasteiger partial charge is 0.355 e. The van der Waals surface area contributed by atoms with E-state index in [1.807, 2.05) is 0 Å². The molecule has 2 rings (SSSR count). The van der Waals surface area contributed by atoms with E-state index in [0.29, 0.717) is 11.0 Å². The Balaban J connectivity index is 2.43. The summed E-state index contributed by atoms with van der Waals surface area (Å²) in [6.07, 6.45) is -9.57. The second kappa shape index (κ2) is 7.46. The van der Waals surface area contributed by atoms with Crippen LogP contribution in [0.25, 0.3) is 0 Å². The Labute approximate surface area is 150 Å². The van der Waals surface area contributed by atoms with E-state index >= 15 is 0 Å². The van der Waals surface area contributed by atoms with Gasteiger partial charge in [-0.3, -0.25) is 0 Å². The lowest BCUT2D eigenvalue weighted by molar-refractivity contribution is -0.137. The molecule has 0 saturated heterocycles. The first-order valence-corrected chi connectivity index (χ1v) is 7.66. The van der Waals surface area contributed by atoms with E-state index in [1.54, 1.807) is 13.8 Å². The first kappa shape index (κ1) is 20.5. The Hall–Kier alpha value is -2.77. The molecule has 0 fully saturated rings. The second-order valence-electron chi connectivity index (χ2n) is 6.01. The third kappa shape index (κ3) is 5.35. The van der Waals surface area contributed by atoms with Crippen LogP contribution in [0.4, 0.5) is 32.0 Å². The van der Waals surface area contributed by atoms with E-state index in [1.165, 1.54) is 6.07 Å². The number of hydrogen-bond acceptors (Lipinski definition) is 5. The summed E-state index contributed by atoms with van der Waals surface area (Å²) in [4.78, 5) is 4.59. The van der Waals surface area contributed by atoms with Crippen molar-refractivity contribution in [1.82, 2.24) is 10.1 Å². The van der Waals surface area contributed by atoms with Gasteiger partial charge < -0.3 is 9.42 Å². The molecule has 0 N–H and O–H groups in total. The van der Waals surface area contributed by atoms with Crippen molar-refractivity contribution in [3.8, 4) is 6.07 Å². The van der Waals surface area contributed by atoms with Gasteiger partial charge in [0.2, 0.25) is 5.89 Å². The summed E-state index contributed by atoms with van der Waals surface area (Å²) < 4.78 is 83.0. The summed E-state index contributed by atoms with van der Waals surface area (Å²) in [5.41, 5.74) is -2.36. The van der Waals surface area contributed by atoms with E-state index in [0.717, 1.165) is 12.1 Å². The van der Waals surface area contributed by atoms with Gasteiger partial charge >= 0.3 is 12.4 Å². The molecule has 146 valence electrons. The molecule has 27 heavy (non-hydrogen) atoms. The molecule has 1 heterocycles. The van der Waals surface area contributed by atoms with Gasteiger partial charge in [0.15, 0.2) is 5.82 Å². The molecule has 5 nitrogen and oxygen atoms in total. The molecule has 0 aliphatic rings. The number of nitriles is 1. The van der Waals surface area contributed by atoms with Crippen molar-refractivity contribution in [2.45, 2.75) is 38.7 Å². The highest BCUT2D eigenvalue weighted by molar-refractivity contribution is 5.55. The van der Waals surface area contributed by atoms with Crippen LogP contribution in [0.2, 0.25) is 0 Å². The minimum atomic E-state index is -4.89. The van der Waals surface area contributed by atoms with E-state index in [9.17, 15) is 26.3 Å². The van der Waals surface area contributed by atoms with Gasteiger partial charge in [-0.1, -0.05) is 19.0 Å². The largest absolute Gasteiger partial charge is 0.417 e. The summed E-state index contributed by atoms with van der Waals surface area (Å²) in [7, 11) is 0. The van der Waals surface area contributed by atoms with Crippen LogP contribution in [0.1, 0.15) is 42.6 Å². The van der Waals surface area contributed by atoms with Crippen molar-refractivity contribution in [3.05, 3.63) is 41.0 Å². The molecule has 0 saturated carbocycles. The van der Waals surface area contributed by atoms with Gasteiger partial charge in [0.1, 0.15) is 6.54 Å². The average molecular weight is 392 g/mol. The van der Waals surface area contributed by atoms with Gasteiger partial charge in [-0.2, -0.15) is 36.6 Å². The minimum Gasteiger partial charge on any atom is -0.355 e. The van der Waals surface area contributed by atoms with Crippen LogP contribution < -0.4 is 4.90 Å². The molecule has 1 aromatic carbocycles. The van der Waals surface area contributed by atoms with Crippen LogP contribution in [0, 0.1) is 11.3 Å². The lowest BCUT2D eigenvalue weighted by Gasteiger charge is -2.25. The van der Waals surface area contributed by atoms with Gasteiger partial charge in [0.25, 0.3) is 0 Å². The highest BCUT2D eigenvalue weighted by atomic mass is 19.4. The maximum Gasteiger partial charge on any atom is 0.417 e. The number of alkyl halides is 6. The molecule has 0 atom stereocenters. The Morgan fingerprint density at radius 1 is 1.19 bits per heavy atom. The summed E-state index contributed by atoms with van der Waals surface area (Å²) in [6, 6.07) is 3.74. The topological polar surface area (TPSA) is 66.0 Å². The minimum absolute atomic E-state index is 0.0964. The van der Waals surface area contributed by atoms with E-state index in [-0.39, 0.29) is 23.3 Å². The fraction of sp³-hybridized carbons (Fsp3) is 0.438. The van der Waals surface area contributed by atoms with Gasteiger partial charge in [0, 0.05) is 11.6 Å². The fourth-order valence-corrected chi connectivity index (χ4v) is 2.25. The lowest BCUT2D eigenvalue weighted by Crippen LogP contribution is -2.34. The van der Waals surface area contributed by atoms with Gasteiger partial charge in [0.05, 0.1) is 23.7 Å². The molecule has 0 unspecified atom stereocenters. The predicted molar refractivity (Wildman–Crippen MR) is 81.7 cm³/mol. The molecule has 1 aromatic heterocycles. The standard InChI is InChI=1S/C16H14F6N4O/c1-9(2)14-24-13(25-27-14)7-26(8-15(17,18)19)11-4-3-10(6-23)12(5-11)16(20,21)22/h3-5,9H,7-8H2,1-2H3.